The van der Waals surface area contributed by atoms with E-state index in [1.54, 1.807) is 0 Å². The third kappa shape index (κ3) is 2.42. The summed E-state index contributed by atoms with van der Waals surface area (Å²) in [7, 11) is 0. The maximum absolute atomic E-state index is 10.1. The Bertz CT molecular complexity index is 648. The third-order valence-electron chi connectivity index (χ3n) is 3.63. The number of nitrogens with one attached hydrogen (secondary N) is 1. The highest BCUT2D eigenvalue weighted by Crippen LogP contribution is 2.38. The van der Waals surface area contributed by atoms with Crippen molar-refractivity contribution in [3.63, 3.8) is 0 Å². The van der Waals surface area contributed by atoms with Crippen LogP contribution in [0.4, 0.5) is 5.82 Å². The molecule has 1 aliphatic heterocycles. The summed E-state index contributed by atoms with van der Waals surface area (Å²) in [5.74, 6) is 0.414. The molecule has 22 heavy (non-hydrogen) atoms. The van der Waals surface area contributed by atoms with Crippen LogP contribution in [-0.2, 0) is 4.74 Å². The minimum Gasteiger partial charge on any atom is -0.458 e. The highest BCUT2D eigenvalue weighted by Gasteiger charge is 2.44. The Morgan fingerprint density at radius 1 is 1.18 bits per heavy atom. The number of hydrogen-bond donors (Lipinski definition) is 5. The first kappa shape index (κ1) is 15.1. The lowest BCUT2D eigenvalue weighted by atomic mass is 10.0. The van der Waals surface area contributed by atoms with Crippen LogP contribution in [0.2, 0.25) is 0 Å². The van der Waals surface area contributed by atoms with Crippen molar-refractivity contribution in [2.45, 2.75) is 24.4 Å². The monoisotopic (exact) mass is 311 g/mol. The Balaban J connectivity index is 1.95. The van der Waals surface area contributed by atoms with Gasteiger partial charge in [0.05, 0.1) is 19.5 Å². The summed E-state index contributed by atoms with van der Waals surface area (Å²) in [4.78, 5) is 8.15. The van der Waals surface area contributed by atoms with Gasteiger partial charge in [-0.05, 0) is 0 Å². The fraction of sp³-hybridized carbons (Fsp3) is 0.538. The van der Waals surface area contributed by atoms with E-state index in [1.807, 2.05) is 0 Å². The lowest BCUT2D eigenvalue weighted by Gasteiger charge is -2.12. The van der Waals surface area contributed by atoms with Crippen molar-refractivity contribution in [3.05, 3.63) is 18.2 Å². The molecule has 1 fully saturated rings. The van der Waals surface area contributed by atoms with Gasteiger partial charge in [-0.25, -0.2) is 9.97 Å². The molecule has 2 aromatic heterocycles. The van der Waals surface area contributed by atoms with Gasteiger partial charge in [0.2, 0.25) is 0 Å². The summed E-state index contributed by atoms with van der Waals surface area (Å²) in [6.45, 7) is -0.160. The molecule has 5 N–H and O–H groups in total. The molecule has 0 aromatic carbocycles. The standard InChI is InChI=1S/C13H17N3O6/c17-2-1-14-13-12-8(15-5-16-13)6(4-21-12)11-10(20)9(19)7(3-18)22-11/h4-5,7,9-11,17-20H,1-3H2,(H,14,15,16)/t7-,9-,10-,11+/m1/s1. The molecule has 1 aliphatic rings. The minimum absolute atomic E-state index is 0.0616. The molecule has 120 valence electrons. The average Bonchev–Trinajstić information content (AvgIpc) is 3.08. The Morgan fingerprint density at radius 2 is 2.00 bits per heavy atom. The van der Waals surface area contributed by atoms with Crippen LogP contribution >= 0.6 is 0 Å². The Hall–Kier alpha value is -1.78. The van der Waals surface area contributed by atoms with Gasteiger partial charge < -0.3 is 34.9 Å². The third-order valence-corrected chi connectivity index (χ3v) is 3.63. The maximum atomic E-state index is 10.1. The summed E-state index contributed by atoms with van der Waals surface area (Å²) < 4.78 is 10.9. The molecule has 0 aliphatic carbocycles. The van der Waals surface area contributed by atoms with Crippen molar-refractivity contribution < 1.29 is 29.6 Å². The highest BCUT2D eigenvalue weighted by atomic mass is 16.6. The number of aliphatic hydroxyl groups excluding tert-OH is 4. The molecule has 0 saturated carbocycles. The smallest absolute Gasteiger partial charge is 0.194 e. The lowest BCUT2D eigenvalue weighted by molar-refractivity contribution is -0.0226. The number of rotatable bonds is 5. The largest absolute Gasteiger partial charge is 0.458 e. The van der Waals surface area contributed by atoms with Gasteiger partial charge in [0.1, 0.15) is 36.3 Å². The van der Waals surface area contributed by atoms with E-state index in [9.17, 15) is 10.2 Å². The second-order valence-electron chi connectivity index (χ2n) is 5.00. The van der Waals surface area contributed by atoms with E-state index >= 15 is 0 Å². The molecule has 3 heterocycles. The van der Waals surface area contributed by atoms with Crippen LogP contribution in [0.5, 0.6) is 0 Å². The average molecular weight is 311 g/mol. The van der Waals surface area contributed by atoms with E-state index in [2.05, 4.69) is 15.3 Å². The highest BCUT2D eigenvalue weighted by molar-refractivity contribution is 5.86. The number of nitrogens with zero attached hydrogens (tertiary/aromatic N) is 2. The Morgan fingerprint density at radius 3 is 2.68 bits per heavy atom. The van der Waals surface area contributed by atoms with Crippen molar-refractivity contribution >= 4 is 16.9 Å². The number of furan rings is 1. The van der Waals surface area contributed by atoms with Crippen LogP contribution in [0, 0.1) is 0 Å². The maximum Gasteiger partial charge on any atom is 0.194 e. The number of aliphatic hydroxyl groups is 4. The fourth-order valence-corrected chi connectivity index (χ4v) is 2.53. The van der Waals surface area contributed by atoms with Gasteiger partial charge in [0.15, 0.2) is 11.4 Å². The molecule has 0 unspecified atom stereocenters. The van der Waals surface area contributed by atoms with Gasteiger partial charge >= 0.3 is 0 Å². The van der Waals surface area contributed by atoms with Crippen LogP contribution in [-0.4, -0.2) is 68.5 Å². The molecular formula is C13H17N3O6. The molecular weight excluding hydrogens is 294 g/mol. The fourth-order valence-electron chi connectivity index (χ4n) is 2.53. The molecule has 9 heteroatoms. The zero-order valence-corrected chi connectivity index (χ0v) is 11.6. The van der Waals surface area contributed by atoms with Crippen LogP contribution in [0.1, 0.15) is 11.7 Å². The molecule has 1 saturated heterocycles. The first-order valence-electron chi connectivity index (χ1n) is 6.86. The van der Waals surface area contributed by atoms with Gasteiger partial charge in [0.25, 0.3) is 0 Å². The number of ether oxygens (including phenoxy) is 1. The van der Waals surface area contributed by atoms with Gasteiger partial charge in [-0.1, -0.05) is 0 Å². The van der Waals surface area contributed by atoms with E-state index in [0.29, 0.717) is 29.0 Å². The molecule has 0 amide bonds. The summed E-state index contributed by atoms with van der Waals surface area (Å²) in [5, 5.41) is 40.8. The summed E-state index contributed by atoms with van der Waals surface area (Å²) in [6.07, 6.45) is -1.39. The quantitative estimate of drug-likeness (QED) is 0.459. The summed E-state index contributed by atoms with van der Waals surface area (Å²) in [6, 6.07) is 0. The van der Waals surface area contributed by atoms with E-state index < -0.39 is 31.0 Å². The zero-order chi connectivity index (χ0) is 15.7. The van der Waals surface area contributed by atoms with Crippen LogP contribution in [0.15, 0.2) is 17.0 Å². The second kappa shape index (κ2) is 6.15. The number of aromatic nitrogens is 2. The lowest BCUT2D eigenvalue weighted by Crippen LogP contribution is -2.32. The number of hydrogen-bond acceptors (Lipinski definition) is 9. The Kier molecular flexibility index (Phi) is 4.23. The molecule has 0 bridgehead atoms. The van der Waals surface area contributed by atoms with Crippen molar-refractivity contribution in [3.8, 4) is 0 Å². The first-order valence-corrected chi connectivity index (χ1v) is 6.86. The van der Waals surface area contributed by atoms with Crippen LogP contribution in [0.25, 0.3) is 11.1 Å². The zero-order valence-electron chi connectivity index (χ0n) is 11.6. The Labute approximate surface area is 125 Å². The van der Waals surface area contributed by atoms with Crippen molar-refractivity contribution in [2.24, 2.45) is 0 Å². The molecule has 3 rings (SSSR count). The molecule has 9 nitrogen and oxygen atoms in total. The van der Waals surface area contributed by atoms with Crippen LogP contribution < -0.4 is 5.32 Å². The van der Waals surface area contributed by atoms with Crippen molar-refractivity contribution in [2.75, 3.05) is 25.1 Å². The van der Waals surface area contributed by atoms with Crippen LogP contribution in [0.3, 0.4) is 0 Å². The number of fused-ring (bicyclic) bond motifs is 1. The van der Waals surface area contributed by atoms with Gasteiger partial charge in [0, 0.05) is 12.1 Å². The molecule has 0 spiro atoms. The summed E-state index contributed by atoms with van der Waals surface area (Å²) in [5.41, 5.74) is 1.26. The SMILES string of the molecule is OCCNc1ncnc2c([C@@H]3O[C@H](CO)[C@@H](O)[C@H]3O)coc12. The van der Waals surface area contributed by atoms with E-state index in [0.717, 1.165) is 0 Å². The minimum atomic E-state index is -1.19. The molecule has 2 aromatic rings. The normalized spacial score (nSPS) is 28.4. The van der Waals surface area contributed by atoms with Gasteiger partial charge in [-0.2, -0.15) is 0 Å². The molecule has 4 atom stereocenters. The first-order chi connectivity index (χ1) is 10.7. The predicted molar refractivity (Wildman–Crippen MR) is 74.1 cm³/mol. The number of anilines is 1. The van der Waals surface area contributed by atoms with Gasteiger partial charge in [-0.15, -0.1) is 0 Å². The van der Waals surface area contributed by atoms with E-state index in [-0.39, 0.29) is 6.61 Å². The predicted octanol–water partition coefficient (Wildman–Crippen LogP) is -1.22. The van der Waals surface area contributed by atoms with Crippen molar-refractivity contribution in [1.82, 2.24) is 9.97 Å². The summed E-state index contributed by atoms with van der Waals surface area (Å²) >= 11 is 0. The van der Waals surface area contributed by atoms with E-state index in [1.165, 1.54) is 12.6 Å². The topological polar surface area (TPSA) is 141 Å². The van der Waals surface area contributed by atoms with E-state index in [4.69, 9.17) is 19.4 Å². The van der Waals surface area contributed by atoms with Gasteiger partial charge in [-0.3, -0.25) is 0 Å². The second-order valence-corrected chi connectivity index (χ2v) is 5.00. The molecule has 0 radical (unpaired) electrons. The van der Waals surface area contributed by atoms with Crippen molar-refractivity contribution in [1.29, 1.82) is 0 Å².